The first-order valence-electron chi connectivity index (χ1n) is 6.89. The van der Waals surface area contributed by atoms with Crippen LogP contribution in [0.25, 0.3) is 0 Å². The van der Waals surface area contributed by atoms with E-state index in [1.54, 1.807) is 0 Å². The van der Waals surface area contributed by atoms with Crippen LogP contribution in [0.5, 0.6) is 0 Å². The third kappa shape index (κ3) is 2.42. The Labute approximate surface area is 105 Å². The van der Waals surface area contributed by atoms with Crippen LogP contribution in [-0.4, -0.2) is 16.5 Å². The SMILES string of the molecule is CC1(O)CC(=O)CC2(C)CCCC(C)(C)C2C1. The van der Waals surface area contributed by atoms with Crippen molar-refractivity contribution in [1.29, 1.82) is 0 Å². The molecule has 1 N–H and O–H groups in total. The number of hydrogen-bond donors (Lipinski definition) is 1. The van der Waals surface area contributed by atoms with Gasteiger partial charge in [0.15, 0.2) is 0 Å². The average molecular weight is 238 g/mol. The lowest BCUT2D eigenvalue weighted by atomic mass is 9.54. The van der Waals surface area contributed by atoms with Crippen molar-refractivity contribution in [3.05, 3.63) is 0 Å². The van der Waals surface area contributed by atoms with E-state index in [1.165, 1.54) is 12.8 Å². The summed E-state index contributed by atoms with van der Waals surface area (Å²) in [6.45, 7) is 8.71. The Kier molecular flexibility index (Phi) is 2.93. The molecule has 0 aromatic rings. The van der Waals surface area contributed by atoms with Gasteiger partial charge in [-0.3, -0.25) is 4.79 Å². The monoisotopic (exact) mass is 238 g/mol. The molecule has 2 aliphatic rings. The number of aliphatic hydroxyl groups is 1. The smallest absolute Gasteiger partial charge is 0.136 e. The average Bonchev–Trinajstić information content (AvgIpc) is 2.18. The number of fused-ring (bicyclic) bond motifs is 1. The first-order chi connectivity index (χ1) is 7.65. The summed E-state index contributed by atoms with van der Waals surface area (Å²) in [6.07, 6.45) is 5.37. The van der Waals surface area contributed by atoms with E-state index in [4.69, 9.17) is 0 Å². The van der Waals surface area contributed by atoms with E-state index >= 15 is 0 Å². The maximum Gasteiger partial charge on any atom is 0.136 e. The van der Waals surface area contributed by atoms with Gasteiger partial charge in [0, 0.05) is 12.8 Å². The molecule has 98 valence electrons. The molecule has 0 amide bonds. The van der Waals surface area contributed by atoms with Gasteiger partial charge in [0.05, 0.1) is 5.60 Å². The van der Waals surface area contributed by atoms with E-state index in [9.17, 15) is 9.90 Å². The van der Waals surface area contributed by atoms with Crippen LogP contribution < -0.4 is 0 Å². The minimum absolute atomic E-state index is 0.110. The number of rotatable bonds is 0. The molecule has 3 unspecified atom stereocenters. The van der Waals surface area contributed by atoms with E-state index in [-0.39, 0.29) is 16.6 Å². The second-order valence-corrected chi connectivity index (χ2v) is 7.64. The van der Waals surface area contributed by atoms with E-state index in [1.807, 2.05) is 6.92 Å². The number of Topliss-reactive ketones (excluding diaryl/α,β-unsaturated/α-hetero) is 1. The van der Waals surface area contributed by atoms with Gasteiger partial charge >= 0.3 is 0 Å². The topological polar surface area (TPSA) is 37.3 Å². The maximum atomic E-state index is 12.0. The first-order valence-corrected chi connectivity index (χ1v) is 6.89. The van der Waals surface area contributed by atoms with Crippen molar-refractivity contribution in [2.75, 3.05) is 0 Å². The maximum absolute atomic E-state index is 12.0. The lowest BCUT2D eigenvalue weighted by molar-refractivity contribution is -0.124. The summed E-state index contributed by atoms with van der Waals surface area (Å²) < 4.78 is 0. The molecule has 17 heavy (non-hydrogen) atoms. The molecule has 2 rings (SSSR count). The molecule has 2 fully saturated rings. The fourth-order valence-corrected chi connectivity index (χ4v) is 4.42. The molecule has 0 aromatic heterocycles. The molecule has 2 heteroatoms. The van der Waals surface area contributed by atoms with E-state index in [0.717, 1.165) is 12.8 Å². The second kappa shape index (κ2) is 3.81. The van der Waals surface area contributed by atoms with E-state index < -0.39 is 5.60 Å². The van der Waals surface area contributed by atoms with Gasteiger partial charge < -0.3 is 5.11 Å². The van der Waals surface area contributed by atoms with Crippen LogP contribution in [-0.2, 0) is 4.79 Å². The zero-order valence-corrected chi connectivity index (χ0v) is 11.7. The van der Waals surface area contributed by atoms with Gasteiger partial charge in [0.1, 0.15) is 5.78 Å². The van der Waals surface area contributed by atoms with Gasteiger partial charge in [-0.15, -0.1) is 0 Å². The van der Waals surface area contributed by atoms with Crippen LogP contribution in [0.3, 0.4) is 0 Å². The van der Waals surface area contributed by atoms with Crippen LogP contribution >= 0.6 is 0 Å². The van der Waals surface area contributed by atoms with Crippen molar-refractivity contribution in [1.82, 2.24) is 0 Å². The lowest BCUT2D eigenvalue weighted by Gasteiger charge is -2.51. The Bertz CT molecular complexity index is 330. The van der Waals surface area contributed by atoms with E-state index in [0.29, 0.717) is 18.8 Å². The zero-order chi connectivity index (χ0) is 12.9. The van der Waals surface area contributed by atoms with Crippen molar-refractivity contribution in [3.63, 3.8) is 0 Å². The largest absolute Gasteiger partial charge is 0.390 e. The Hall–Kier alpha value is -0.370. The fourth-order valence-electron chi connectivity index (χ4n) is 4.42. The summed E-state index contributed by atoms with van der Waals surface area (Å²) in [5.41, 5.74) is -0.435. The van der Waals surface area contributed by atoms with Crippen LogP contribution in [0, 0.1) is 16.7 Å². The van der Waals surface area contributed by atoms with Crippen molar-refractivity contribution in [2.45, 2.75) is 71.8 Å². The summed E-state index contributed by atoms with van der Waals surface area (Å²) in [6, 6.07) is 0. The summed E-state index contributed by atoms with van der Waals surface area (Å²) in [7, 11) is 0. The minimum atomic E-state index is -0.798. The normalized spacial score (nSPS) is 46.2. The van der Waals surface area contributed by atoms with Crippen molar-refractivity contribution in [2.24, 2.45) is 16.7 Å². The predicted octanol–water partition coefficient (Wildman–Crippen LogP) is 3.32. The number of ketones is 1. The second-order valence-electron chi connectivity index (χ2n) is 7.64. The Balaban J connectivity index is 2.37. The zero-order valence-electron chi connectivity index (χ0n) is 11.7. The van der Waals surface area contributed by atoms with Crippen molar-refractivity contribution < 1.29 is 9.90 Å². The molecule has 2 saturated carbocycles. The van der Waals surface area contributed by atoms with Gasteiger partial charge in [-0.25, -0.2) is 0 Å². The summed E-state index contributed by atoms with van der Waals surface area (Å²) in [5.74, 6) is 0.711. The molecule has 0 radical (unpaired) electrons. The highest BCUT2D eigenvalue weighted by molar-refractivity contribution is 5.80. The van der Waals surface area contributed by atoms with Crippen molar-refractivity contribution in [3.8, 4) is 0 Å². The fraction of sp³-hybridized carbons (Fsp3) is 0.933. The molecule has 2 aliphatic carbocycles. The highest BCUT2D eigenvalue weighted by atomic mass is 16.3. The molecule has 0 bridgehead atoms. The van der Waals surface area contributed by atoms with E-state index in [2.05, 4.69) is 20.8 Å². The third-order valence-corrected chi connectivity index (χ3v) is 5.18. The highest BCUT2D eigenvalue weighted by Gasteiger charge is 2.51. The molecule has 2 nitrogen and oxygen atoms in total. The van der Waals surface area contributed by atoms with Crippen LogP contribution in [0.15, 0.2) is 0 Å². The van der Waals surface area contributed by atoms with Crippen molar-refractivity contribution >= 4 is 5.78 Å². The predicted molar refractivity (Wildman–Crippen MR) is 68.7 cm³/mol. The highest BCUT2D eigenvalue weighted by Crippen LogP contribution is 2.57. The number of carbonyl (C=O) groups excluding carboxylic acids is 1. The summed E-state index contributed by atoms with van der Waals surface area (Å²) in [5, 5.41) is 10.4. The Morgan fingerprint density at radius 3 is 2.41 bits per heavy atom. The molecular weight excluding hydrogens is 212 g/mol. The molecule has 0 aliphatic heterocycles. The minimum Gasteiger partial charge on any atom is -0.390 e. The summed E-state index contributed by atoms with van der Waals surface area (Å²) >= 11 is 0. The number of carbonyl (C=O) groups is 1. The lowest BCUT2D eigenvalue weighted by Crippen LogP contribution is -2.44. The standard InChI is InChI=1S/C15H26O2/c1-13(2)6-5-7-14(3)8-11(16)9-15(4,17)10-12(13)14/h12,17H,5-10H2,1-4H3. The molecule has 0 aromatic carbocycles. The van der Waals surface area contributed by atoms with Crippen LogP contribution in [0.4, 0.5) is 0 Å². The molecule has 3 atom stereocenters. The molecule has 0 heterocycles. The van der Waals surface area contributed by atoms with Gasteiger partial charge in [-0.2, -0.15) is 0 Å². The Morgan fingerprint density at radius 1 is 1.12 bits per heavy atom. The van der Waals surface area contributed by atoms with Gasteiger partial charge in [-0.1, -0.05) is 27.2 Å². The van der Waals surface area contributed by atoms with Gasteiger partial charge in [-0.05, 0) is 42.9 Å². The first kappa shape index (κ1) is 13.1. The third-order valence-electron chi connectivity index (χ3n) is 5.18. The number of hydrogen-bond acceptors (Lipinski definition) is 2. The molecule has 0 saturated heterocycles. The van der Waals surface area contributed by atoms with Gasteiger partial charge in [0.2, 0.25) is 0 Å². The van der Waals surface area contributed by atoms with Crippen LogP contribution in [0.2, 0.25) is 0 Å². The molecule has 0 spiro atoms. The van der Waals surface area contributed by atoms with Crippen LogP contribution in [0.1, 0.15) is 66.2 Å². The Morgan fingerprint density at radius 2 is 1.76 bits per heavy atom. The summed E-state index contributed by atoms with van der Waals surface area (Å²) in [4.78, 5) is 12.0. The molecular formula is C15H26O2. The van der Waals surface area contributed by atoms with Gasteiger partial charge in [0.25, 0.3) is 0 Å². The quantitative estimate of drug-likeness (QED) is 0.703.